The Morgan fingerprint density at radius 2 is 2.17 bits per heavy atom. The topological polar surface area (TPSA) is 43.4 Å². The number of thioether (sulfide) groups is 1. The molecule has 3 nitrogen and oxygen atoms in total. The number of esters is 1. The summed E-state index contributed by atoms with van der Waals surface area (Å²) in [6, 6.07) is 8.48. The second-order valence-electron chi connectivity index (χ2n) is 6.94. The maximum Gasteiger partial charge on any atom is 0.306 e. The lowest BCUT2D eigenvalue weighted by Gasteiger charge is -2.45. The van der Waals surface area contributed by atoms with E-state index in [-0.39, 0.29) is 17.3 Å². The summed E-state index contributed by atoms with van der Waals surface area (Å²) < 4.78 is 4.75. The Morgan fingerprint density at radius 1 is 1.35 bits per heavy atom. The van der Waals surface area contributed by atoms with Crippen LogP contribution in [0.25, 0.3) is 0 Å². The van der Waals surface area contributed by atoms with E-state index in [0.717, 1.165) is 25.7 Å². The predicted molar refractivity (Wildman–Crippen MR) is 89.5 cm³/mol. The van der Waals surface area contributed by atoms with E-state index in [4.69, 9.17) is 4.74 Å². The van der Waals surface area contributed by atoms with Crippen molar-refractivity contribution in [2.24, 2.45) is 5.92 Å². The highest BCUT2D eigenvalue weighted by Crippen LogP contribution is 2.71. The first kappa shape index (κ1) is 15.3. The first-order valence-corrected chi connectivity index (χ1v) is 9.43. The summed E-state index contributed by atoms with van der Waals surface area (Å²) in [4.78, 5) is 26.5. The number of Topliss-reactive ketones (excluding diaryl/α,β-unsaturated/α-hetero) is 1. The zero-order valence-corrected chi connectivity index (χ0v) is 14.3. The molecule has 0 N–H and O–H groups in total. The third kappa shape index (κ3) is 1.90. The van der Waals surface area contributed by atoms with Gasteiger partial charge in [0.05, 0.1) is 17.8 Å². The van der Waals surface area contributed by atoms with Crippen LogP contribution in [0, 0.1) is 5.92 Å². The second kappa shape index (κ2) is 5.37. The standard InChI is InChI=1S/C19H22O3S/c1-2-22-17(21)12-13-9-11-18-10-5-8-16(20)19(13,18)23-15-7-4-3-6-14(15)18/h3-4,6-7,13H,2,5,8-12H2,1H3/t13-,18+,19-/m1/s1. The molecular formula is C19H22O3S. The summed E-state index contributed by atoms with van der Waals surface area (Å²) in [5.74, 6) is 0.307. The number of ketones is 1. The zero-order chi connectivity index (χ0) is 16.1. The van der Waals surface area contributed by atoms with Crippen LogP contribution in [-0.4, -0.2) is 23.1 Å². The average Bonchev–Trinajstić information content (AvgIpc) is 3.01. The first-order valence-electron chi connectivity index (χ1n) is 8.61. The van der Waals surface area contributed by atoms with Gasteiger partial charge in [0.1, 0.15) is 5.78 Å². The van der Waals surface area contributed by atoms with Crippen LogP contribution < -0.4 is 0 Å². The van der Waals surface area contributed by atoms with Crippen LogP contribution in [0.1, 0.15) is 51.0 Å². The molecular weight excluding hydrogens is 308 g/mol. The molecule has 122 valence electrons. The molecule has 1 heterocycles. The number of rotatable bonds is 3. The molecule has 2 aliphatic carbocycles. The van der Waals surface area contributed by atoms with E-state index in [2.05, 4.69) is 24.3 Å². The fourth-order valence-corrected chi connectivity index (χ4v) is 7.20. The third-order valence-electron chi connectivity index (χ3n) is 6.02. The first-order chi connectivity index (χ1) is 11.1. The number of hydrogen-bond acceptors (Lipinski definition) is 4. The van der Waals surface area contributed by atoms with Crippen LogP contribution >= 0.6 is 11.8 Å². The van der Waals surface area contributed by atoms with Gasteiger partial charge in [-0.2, -0.15) is 0 Å². The maximum absolute atomic E-state index is 13.1. The normalized spacial score (nSPS) is 34.7. The van der Waals surface area contributed by atoms with Crippen molar-refractivity contribution in [1.82, 2.24) is 0 Å². The highest BCUT2D eigenvalue weighted by molar-refractivity contribution is 8.02. The number of fused-ring (bicyclic) bond motifs is 1. The van der Waals surface area contributed by atoms with Gasteiger partial charge in [0, 0.05) is 16.7 Å². The maximum atomic E-state index is 13.1. The Hall–Kier alpha value is -1.29. The largest absolute Gasteiger partial charge is 0.466 e. The van der Waals surface area contributed by atoms with Gasteiger partial charge in [0.15, 0.2) is 0 Å². The molecule has 0 radical (unpaired) electrons. The quantitative estimate of drug-likeness (QED) is 0.789. The number of benzene rings is 1. The van der Waals surface area contributed by atoms with Crippen LogP contribution in [0.5, 0.6) is 0 Å². The summed E-state index contributed by atoms with van der Waals surface area (Å²) in [6.07, 6.45) is 5.05. The fraction of sp³-hybridized carbons (Fsp3) is 0.579. The lowest BCUT2D eigenvalue weighted by atomic mass is 9.61. The van der Waals surface area contributed by atoms with E-state index >= 15 is 0 Å². The highest BCUT2D eigenvalue weighted by Gasteiger charge is 2.69. The minimum Gasteiger partial charge on any atom is -0.466 e. The van der Waals surface area contributed by atoms with Gasteiger partial charge < -0.3 is 4.74 Å². The van der Waals surface area contributed by atoms with E-state index in [1.165, 1.54) is 10.5 Å². The monoisotopic (exact) mass is 330 g/mol. The minimum absolute atomic E-state index is 0.0548. The molecule has 0 amide bonds. The Balaban J connectivity index is 1.78. The average molecular weight is 330 g/mol. The molecule has 0 spiro atoms. The molecule has 1 aromatic carbocycles. The van der Waals surface area contributed by atoms with Crippen molar-refractivity contribution in [3.63, 3.8) is 0 Å². The summed E-state index contributed by atoms with van der Waals surface area (Å²) in [6.45, 7) is 2.24. The van der Waals surface area contributed by atoms with E-state index in [1.54, 1.807) is 11.8 Å². The van der Waals surface area contributed by atoms with Crippen molar-refractivity contribution in [2.75, 3.05) is 6.61 Å². The molecule has 4 heteroatoms. The molecule has 4 rings (SSSR count). The molecule has 1 aromatic rings. The molecule has 0 aromatic heterocycles. The Kier molecular flexibility index (Phi) is 3.56. The zero-order valence-electron chi connectivity index (χ0n) is 13.5. The van der Waals surface area contributed by atoms with Gasteiger partial charge >= 0.3 is 5.97 Å². The smallest absolute Gasteiger partial charge is 0.306 e. The minimum atomic E-state index is -0.429. The predicted octanol–water partition coefficient (Wildman–Crippen LogP) is 3.89. The van der Waals surface area contributed by atoms with Crippen LogP contribution in [-0.2, 0) is 19.7 Å². The molecule has 3 atom stereocenters. The van der Waals surface area contributed by atoms with Crippen LogP contribution in [0.15, 0.2) is 29.2 Å². The van der Waals surface area contributed by atoms with Gasteiger partial charge in [-0.15, -0.1) is 11.8 Å². The van der Waals surface area contributed by atoms with Crippen molar-refractivity contribution in [3.05, 3.63) is 29.8 Å². The Labute approximate surface area is 141 Å². The van der Waals surface area contributed by atoms with Crippen molar-refractivity contribution in [2.45, 2.75) is 60.5 Å². The number of ether oxygens (including phenoxy) is 1. The van der Waals surface area contributed by atoms with E-state index in [1.807, 2.05) is 6.92 Å². The SMILES string of the molecule is CCOC(=O)C[C@H]1CC[C@]23CCCC(=O)[C@]12Sc1ccccc13. The van der Waals surface area contributed by atoms with E-state index in [9.17, 15) is 9.59 Å². The van der Waals surface area contributed by atoms with Crippen LogP contribution in [0.4, 0.5) is 0 Å². The molecule has 2 fully saturated rings. The van der Waals surface area contributed by atoms with Crippen LogP contribution in [0.2, 0.25) is 0 Å². The molecule has 3 aliphatic rings. The highest BCUT2D eigenvalue weighted by atomic mass is 32.2. The Morgan fingerprint density at radius 3 is 3.00 bits per heavy atom. The van der Waals surface area contributed by atoms with Gasteiger partial charge in [-0.05, 0) is 50.2 Å². The molecule has 0 saturated heterocycles. The molecule has 2 saturated carbocycles. The van der Waals surface area contributed by atoms with Crippen molar-refractivity contribution in [1.29, 1.82) is 0 Å². The summed E-state index contributed by atoms with van der Waals surface area (Å²) in [5.41, 5.74) is 1.30. The molecule has 1 aliphatic heterocycles. The lowest BCUT2D eigenvalue weighted by molar-refractivity contribution is -0.144. The lowest BCUT2D eigenvalue weighted by Crippen LogP contribution is -2.54. The number of hydrogen-bond donors (Lipinski definition) is 0. The van der Waals surface area contributed by atoms with Gasteiger partial charge in [-0.1, -0.05) is 18.2 Å². The fourth-order valence-electron chi connectivity index (χ4n) is 5.24. The van der Waals surface area contributed by atoms with E-state index < -0.39 is 4.75 Å². The Bertz CT molecular complexity index is 670. The summed E-state index contributed by atoms with van der Waals surface area (Å²) in [5, 5.41) is 0. The van der Waals surface area contributed by atoms with Gasteiger partial charge in [0.25, 0.3) is 0 Å². The molecule has 23 heavy (non-hydrogen) atoms. The van der Waals surface area contributed by atoms with E-state index in [0.29, 0.717) is 25.2 Å². The number of carbonyl (C=O) groups is 2. The van der Waals surface area contributed by atoms with Crippen molar-refractivity contribution in [3.8, 4) is 0 Å². The van der Waals surface area contributed by atoms with Gasteiger partial charge in [-0.25, -0.2) is 0 Å². The third-order valence-corrected chi connectivity index (χ3v) is 7.87. The molecule has 0 unspecified atom stereocenters. The molecule has 0 bridgehead atoms. The number of carbonyl (C=O) groups excluding carboxylic acids is 2. The summed E-state index contributed by atoms with van der Waals surface area (Å²) in [7, 11) is 0. The van der Waals surface area contributed by atoms with Crippen LogP contribution in [0.3, 0.4) is 0 Å². The summed E-state index contributed by atoms with van der Waals surface area (Å²) >= 11 is 1.75. The van der Waals surface area contributed by atoms with Crippen molar-refractivity contribution < 1.29 is 14.3 Å². The second-order valence-corrected chi connectivity index (χ2v) is 8.23. The van der Waals surface area contributed by atoms with Gasteiger partial charge in [0.2, 0.25) is 0 Å². The van der Waals surface area contributed by atoms with Crippen molar-refractivity contribution >= 4 is 23.5 Å². The van der Waals surface area contributed by atoms with Gasteiger partial charge in [-0.3, -0.25) is 9.59 Å².